The van der Waals surface area contributed by atoms with Gasteiger partial charge in [-0.25, -0.2) is 13.1 Å². The van der Waals surface area contributed by atoms with Crippen LogP contribution in [0, 0.1) is 11.8 Å². The zero-order chi connectivity index (χ0) is 30.7. The van der Waals surface area contributed by atoms with Gasteiger partial charge in [0.1, 0.15) is 5.75 Å². The van der Waals surface area contributed by atoms with E-state index < -0.39 is 15.9 Å². The van der Waals surface area contributed by atoms with E-state index in [1.165, 1.54) is 17.2 Å². The minimum atomic E-state index is -4.10. The highest BCUT2D eigenvalue weighted by Crippen LogP contribution is 2.46. The molecular formula is C35H39ClN2O5S. The molecule has 1 aliphatic heterocycles. The Morgan fingerprint density at radius 1 is 1.14 bits per heavy atom. The summed E-state index contributed by atoms with van der Waals surface area (Å²) in [5.41, 5.74) is 3.75. The molecule has 2 aliphatic carbocycles. The van der Waals surface area contributed by atoms with Crippen molar-refractivity contribution in [1.82, 2.24) is 4.72 Å². The molecule has 0 saturated heterocycles. The molecule has 3 aliphatic rings. The van der Waals surface area contributed by atoms with Crippen molar-refractivity contribution in [2.24, 2.45) is 11.8 Å². The van der Waals surface area contributed by atoms with Crippen LogP contribution in [0.4, 0.5) is 5.69 Å². The van der Waals surface area contributed by atoms with Crippen LogP contribution in [0.2, 0.25) is 5.02 Å². The van der Waals surface area contributed by atoms with E-state index in [9.17, 15) is 13.2 Å². The van der Waals surface area contributed by atoms with Crippen LogP contribution in [0.5, 0.6) is 5.75 Å². The summed E-state index contributed by atoms with van der Waals surface area (Å²) in [4.78, 5) is 15.1. The number of fused-ring (bicyclic) bond motifs is 3. The van der Waals surface area contributed by atoms with Crippen molar-refractivity contribution < 1.29 is 22.7 Å². The summed E-state index contributed by atoms with van der Waals surface area (Å²) in [7, 11) is -2.41. The maximum atomic E-state index is 13.5. The second-order valence-corrected chi connectivity index (χ2v) is 14.4. The normalized spacial score (nSPS) is 22.9. The number of nitrogens with zero attached hydrogens (tertiary/aromatic N) is 1. The van der Waals surface area contributed by atoms with E-state index >= 15 is 0 Å². The number of anilines is 1. The minimum absolute atomic E-state index is 0.0220. The Balaban J connectivity index is 1.32. The Labute approximate surface area is 265 Å². The number of carbonyl (C=O) groups is 1. The third-order valence-electron chi connectivity index (χ3n) is 9.35. The highest BCUT2D eigenvalue weighted by atomic mass is 35.5. The predicted octanol–water partition coefficient (Wildman–Crippen LogP) is 6.09. The van der Waals surface area contributed by atoms with Crippen LogP contribution in [0.1, 0.15) is 42.4 Å². The van der Waals surface area contributed by atoms with Gasteiger partial charge in [0, 0.05) is 30.6 Å². The summed E-state index contributed by atoms with van der Waals surface area (Å²) >= 11 is 6.40. The molecule has 0 radical (unpaired) electrons. The van der Waals surface area contributed by atoms with Crippen LogP contribution in [0.3, 0.4) is 0 Å². The Morgan fingerprint density at radius 2 is 1.98 bits per heavy atom. The first-order valence-electron chi connectivity index (χ1n) is 15.3. The Bertz CT molecular complexity index is 1640. The Kier molecular flexibility index (Phi) is 9.03. The lowest BCUT2D eigenvalue weighted by Crippen LogP contribution is -2.48. The third kappa shape index (κ3) is 6.53. The SMILES string of the molecule is COC/C=C/[C@@H]1CC[C@H]1CN1C[C@@]2(CCCc3cc(Cl)ccc32)COc2ccc(S(=O)(=O)NC(=O)Cc3ccccc3)cc21. The van der Waals surface area contributed by atoms with Gasteiger partial charge in [-0.3, -0.25) is 4.79 Å². The quantitative estimate of drug-likeness (QED) is 0.287. The molecule has 3 atom stereocenters. The lowest BCUT2D eigenvalue weighted by atomic mass is 9.69. The highest BCUT2D eigenvalue weighted by Gasteiger charge is 2.43. The molecule has 232 valence electrons. The number of methoxy groups -OCH3 is 1. The van der Waals surface area contributed by atoms with E-state index in [0.717, 1.165) is 54.9 Å². The van der Waals surface area contributed by atoms with Gasteiger partial charge in [-0.1, -0.05) is 60.2 Å². The van der Waals surface area contributed by atoms with Crippen molar-refractivity contribution in [3.05, 3.63) is 101 Å². The second kappa shape index (κ2) is 13.0. The smallest absolute Gasteiger partial charge is 0.264 e. The Morgan fingerprint density at radius 3 is 2.75 bits per heavy atom. The van der Waals surface area contributed by atoms with Gasteiger partial charge in [-0.15, -0.1) is 0 Å². The highest BCUT2D eigenvalue weighted by molar-refractivity contribution is 7.90. The number of rotatable bonds is 9. The molecule has 1 fully saturated rings. The lowest BCUT2D eigenvalue weighted by Gasteiger charge is -2.44. The number of aryl methyl sites for hydroxylation is 1. The lowest BCUT2D eigenvalue weighted by molar-refractivity contribution is -0.118. The summed E-state index contributed by atoms with van der Waals surface area (Å²) in [6.45, 7) is 2.55. The van der Waals surface area contributed by atoms with Crippen molar-refractivity contribution in [3.8, 4) is 5.75 Å². The molecule has 9 heteroatoms. The summed E-state index contributed by atoms with van der Waals surface area (Å²) in [6, 6.07) is 20.2. The molecule has 44 heavy (non-hydrogen) atoms. The van der Waals surface area contributed by atoms with Gasteiger partial charge in [0.15, 0.2) is 0 Å². The minimum Gasteiger partial charge on any atom is -0.490 e. The molecule has 1 saturated carbocycles. The number of benzene rings is 3. The summed E-state index contributed by atoms with van der Waals surface area (Å²) in [5, 5.41) is 0.736. The fraction of sp³-hybridized carbons (Fsp3) is 0.400. The topological polar surface area (TPSA) is 84.9 Å². The fourth-order valence-corrected chi connectivity index (χ4v) is 8.17. The molecule has 3 aromatic rings. The molecule has 1 N–H and O–H groups in total. The Hall–Kier alpha value is -3.33. The van der Waals surface area contributed by atoms with Crippen molar-refractivity contribution in [3.63, 3.8) is 0 Å². The van der Waals surface area contributed by atoms with Crippen LogP contribution in [-0.4, -0.2) is 47.7 Å². The number of nitrogens with one attached hydrogen (secondary N) is 1. The first-order valence-corrected chi connectivity index (χ1v) is 17.2. The van der Waals surface area contributed by atoms with E-state index in [2.05, 4.69) is 33.9 Å². The van der Waals surface area contributed by atoms with E-state index in [0.29, 0.717) is 37.3 Å². The van der Waals surface area contributed by atoms with Crippen molar-refractivity contribution >= 4 is 33.2 Å². The predicted molar refractivity (Wildman–Crippen MR) is 173 cm³/mol. The third-order valence-corrected chi connectivity index (χ3v) is 11.0. The number of carbonyl (C=O) groups excluding carboxylic acids is 1. The van der Waals surface area contributed by atoms with Gasteiger partial charge in [0.2, 0.25) is 5.91 Å². The number of amides is 1. The van der Waals surface area contributed by atoms with Gasteiger partial charge in [0.25, 0.3) is 10.0 Å². The first kappa shape index (κ1) is 30.7. The second-order valence-electron chi connectivity index (χ2n) is 12.3. The van der Waals surface area contributed by atoms with Crippen LogP contribution < -0.4 is 14.4 Å². The van der Waals surface area contributed by atoms with Gasteiger partial charge in [0.05, 0.1) is 30.2 Å². The van der Waals surface area contributed by atoms with E-state index in [1.54, 1.807) is 31.4 Å². The van der Waals surface area contributed by atoms with Crippen LogP contribution >= 0.6 is 11.6 Å². The van der Waals surface area contributed by atoms with Crippen molar-refractivity contribution in [2.45, 2.75) is 48.8 Å². The van der Waals surface area contributed by atoms with Gasteiger partial charge in [-0.2, -0.15) is 0 Å². The fourth-order valence-electron chi connectivity index (χ4n) is 6.97. The monoisotopic (exact) mass is 634 g/mol. The van der Waals surface area contributed by atoms with Gasteiger partial charge in [-0.05, 0) is 91.0 Å². The van der Waals surface area contributed by atoms with Gasteiger partial charge >= 0.3 is 0 Å². The van der Waals surface area contributed by atoms with E-state index in [1.807, 2.05) is 24.3 Å². The zero-order valence-corrected chi connectivity index (χ0v) is 26.6. The molecular weight excluding hydrogens is 596 g/mol. The van der Waals surface area contributed by atoms with Crippen LogP contribution in [0.25, 0.3) is 0 Å². The maximum absolute atomic E-state index is 13.5. The number of sulfonamides is 1. The summed E-state index contributed by atoms with van der Waals surface area (Å²) < 4.78 is 41.0. The number of ether oxygens (including phenoxy) is 2. The van der Waals surface area contributed by atoms with Crippen LogP contribution in [0.15, 0.2) is 83.8 Å². The van der Waals surface area contributed by atoms with E-state index in [-0.39, 0.29) is 16.7 Å². The molecule has 0 unspecified atom stereocenters. The molecule has 6 rings (SSSR count). The molecule has 1 spiro atoms. The standard InChI is InChI=1S/C35H39ClN2O5S/c1-42-18-6-10-26-11-12-28(26)22-38-23-35(17-5-9-27-20-29(36)13-15-31(27)35)24-43-33-16-14-30(21-32(33)38)44(40,41)37-34(39)19-25-7-3-2-4-8-25/h2-4,6-8,10,13-16,20-21,26,28H,5,9,11-12,17-19,22-24H2,1H3,(H,37,39)/b10-6+/t26-,28+,35+/m1/s1. The summed E-state index contributed by atoms with van der Waals surface area (Å²) in [6.07, 6.45) is 9.51. The molecule has 0 bridgehead atoms. The number of allylic oxidation sites excluding steroid dienone is 1. The largest absolute Gasteiger partial charge is 0.490 e. The summed E-state index contributed by atoms with van der Waals surface area (Å²) in [5.74, 6) is 0.944. The number of hydrogen-bond acceptors (Lipinski definition) is 6. The average molecular weight is 635 g/mol. The van der Waals surface area contributed by atoms with E-state index in [4.69, 9.17) is 21.1 Å². The molecule has 3 aromatic carbocycles. The van der Waals surface area contributed by atoms with Gasteiger partial charge < -0.3 is 14.4 Å². The molecule has 1 heterocycles. The number of halogens is 1. The molecule has 1 amide bonds. The van der Waals surface area contributed by atoms with Crippen molar-refractivity contribution in [1.29, 1.82) is 0 Å². The number of hydrogen-bond donors (Lipinski definition) is 1. The average Bonchev–Trinajstić information content (AvgIpc) is 3.14. The molecule has 7 nitrogen and oxygen atoms in total. The first-order chi connectivity index (χ1) is 21.3. The van der Waals surface area contributed by atoms with Crippen LogP contribution in [-0.2, 0) is 37.8 Å². The molecule has 0 aromatic heterocycles. The van der Waals surface area contributed by atoms with Crippen molar-refractivity contribution in [2.75, 3.05) is 38.3 Å². The maximum Gasteiger partial charge on any atom is 0.264 e. The zero-order valence-electron chi connectivity index (χ0n) is 25.0.